The fraction of sp³-hybridized carbons (Fsp3) is 0.417. The number of hydrogen-bond acceptors (Lipinski definition) is 1. The molecule has 0 aliphatic rings. The van der Waals surface area contributed by atoms with Crippen LogP contribution in [0.3, 0.4) is 0 Å². The number of rotatable bonds is 4. The van der Waals surface area contributed by atoms with Crippen molar-refractivity contribution in [2.75, 3.05) is 0 Å². The Morgan fingerprint density at radius 1 is 1.36 bits per heavy atom. The van der Waals surface area contributed by atoms with Crippen LogP contribution in [-0.4, -0.2) is 5.78 Å². The molecule has 1 atom stereocenters. The minimum Gasteiger partial charge on any atom is -0.294 e. The zero-order chi connectivity index (χ0) is 10.6. The Bertz CT molecular complexity index is 303. The van der Waals surface area contributed by atoms with Gasteiger partial charge in [0.1, 0.15) is 0 Å². The summed E-state index contributed by atoms with van der Waals surface area (Å²) in [5.74, 6) is 0.661. The van der Waals surface area contributed by atoms with Gasteiger partial charge < -0.3 is 0 Å². The standard InChI is InChI=1S/C12H15ClO/c1-3-9(2)8-12(14)10-4-6-11(13)7-5-10/h4-7,9H,3,8H2,1-2H3/t9-/m0/s1. The van der Waals surface area contributed by atoms with Gasteiger partial charge in [-0.25, -0.2) is 0 Å². The van der Waals surface area contributed by atoms with Crippen molar-refractivity contribution in [3.63, 3.8) is 0 Å². The molecule has 0 radical (unpaired) electrons. The van der Waals surface area contributed by atoms with Gasteiger partial charge in [-0.15, -0.1) is 0 Å². The third-order valence-corrected chi connectivity index (χ3v) is 2.65. The monoisotopic (exact) mass is 210 g/mol. The van der Waals surface area contributed by atoms with Gasteiger partial charge in [-0.05, 0) is 30.2 Å². The van der Waals surface area contributed by atoms with Crippen molar-refractivity contribution in [1.82, 2.24) is 0 Å². The average molecular weight is 211 g/mol. The van der Waals surface area contributed by atoms with Crippen molar-refractivity contribution >= 4 is 17.4 Å². The largest absolute Gasteiger partial charge is 0.294 e. The molecule has 1 aromatic rings. The molecule has 0 N–H and O–H groups in total. The van der Waals surface area contributed by atoms with Crippen LogP contribution in [0, 0.1) is 5.92 Å². The van der Waals surface area contributed by atoms with Crippen LogP contribution >= 0.6 is 11.6 Å². The van der Waals surface area contributed by atoms with Gasteiger partial charge in [-0.1, -0.05) is 31.9 Å². The van der Waals surface area contributed by atoms with E-state index in [2.05, 4.69) is 13.8 Å². The number of ketones is 1. The lowest BCUT2D eigenvalue weighted by atomic mass is 9.98. The summed E-state index contributed by atoms with van der Waals surface area (Å²) in [5.41, 5.74) is 0.759. The molecule has 0 aromatic heterocycles. The molecule has 0 saturated carbocycles. The molecular weight excluding hydrogens is 196 g/mol. The highest BCUT2D eigenvalue weighted by atomic mass is 35.5. The molecule has 76 valence electrons. The van der Waals surface area contributed by atoms with Crippen molar-refractivity contribution in [1.29, 1.82) is 0 Å². The van der Waals surface area contributed by atoms with E-state index < -0.39 is 0 Å². The predicted octanol–water partition coefficient (Wildman–Crippen LogP) is 3.96. The Morgan fingerprint density at radius 2 is 1.93 bits per heavy atom. The van der Waals surface area contributed by atoms with Crippen LogP contribution < -0.4 is 0 Å². The summed E-state index contributed by atoms with van der Waals surface area (Å²) in [6.45, 7) is 4.19. The van der Waals surface area contributed by atoms with Gasteiger partial charge in [0.2, 0.25) is 0 Å². The van der Waals surface area contributed by atoms with Crippen molar-refractivity contribution in [2.24, 2.45) is 5.92 Å². The fourth-order valence-corrected chi connectivity index (χ4v) is 1.34. The van der Waals surface area contributed by atoms with E-state index in [9.17, 15) is 4.79 Å². The molecule has 2 heteroatoms. The van der Waals surface area contributed by atoms with Crippen molar-refractivity contribution in [3.05, 3.63) is 34.9 Å². The molecule has 1 aromatic carbocycles. The van der Waals surface area contributed by atoms with Gasteiger partial charge in [0, 0.05) is 17.0 Å². The highest BCUT2D eigenvalue weighted by molar-refractivity contribution is 6.30. The molecule has 1 rings (SSSR count). The van der Waals surface area contributed by atoms with Gasteiger partial charge in [0.25, 0.3) is 0 Å². The first-order valence-electron chi connectivity index (χ1n) is 4.92. The van der Waals surface area contributed by atoms with E-state index >= 15 is 0 Å². The number of carbonyl (C=O) groups excluding carboxylic acids is 1. The highest BCUT2D eigenvalue weighted by Crippen LogP contribution is 2.15. The Hall–Kier alpha value is -0.820. The summed E-state index contributed by atoms with van der Waals surface area (Å²) in [7, 11) is 0. The lowest BCUT2D eigenvalue weighted by Gasteiger charge is -2.06. The van der Waals surface area contributed by atoms with Crippen LogP contribution in [-0.2, 0) is 0 Å². The third-order valence-electron chi connectivity index (χ3n) is 2.40. The summed E-state index contributed by atoms with van der Waals surface area (Å²) in [6, 6.07) is 7.08. The average Bonchev–Trinajstić information content (AvgIpc) is 2.18. The van der Waals surface area contributed by atoms with Gasteiger partial charge in [0.05, 0.1) is 0 Å². The van der Waals surface area contributed by atoms with Gasteiger partial charge in [-0.2, -0.15) is 0 Å². The molecule has 1 nitrogen and oxygen atoms in total. The second kappa shape index (κ2) is 5.16. The van der Waals surface area contributed by atoms with Crippen molar-refractivity contribution in [3.8, 4) is 0 Å². The van der Waals surface area contributed by atoms with Gasteiger partial charge >= 0.3 is 0 Å². The third kappa shape index (κ3) is 3.15. The van der Waals surface area contributed by atoms with E-state index in [0.717, 1.165) is 12.0 Å². The Kier molecular flexibility index (Phi) is 4.15. The molecule has 14 heavy (non-hydrogen) atoms. The first kappa shape index (κ1) is 11.3. The Morgan fingerprint density at radius 3 is 2.43 bits per heavy atom. The SMILES string of the molecule is CC[C@H](C)CC(=O)c1ccc(Cl)cc1. The molecular formula is C12H15ClO. The maximum Gasteiger partial charge on any atom is 0.163 e. The number of carbonyl (C=O) groups is 1. The van der Waals surface area contributed by atoms with Crippen LogP contribution in [0.2, 0.25) is 5.02 Å². The molecule has 0 amide bonds. The van der Waals surface area contributed by atoms with E-state index in [0.29, 0.717) is 17.4 Å². The molecule has 0 heterocycles. The number of Topliss-reactive ketones (excluding diaryl/α,β-unsaturated/α-hetero) is 1. The molecule has 0 aliphatic heterocycles. The smallest absolute Gasteiger partial charge is 0.163 e. The van der Waals surface area contributed by atoms with E-state index in [1.165, 1.54) is 0 Å². The maximum atomic E-state index is 11.7. The molecule has 0 bridgehead atoms. The van der Waals surface area contributed by atoms with Crippen molar-refractivity contribution in [2.45, 2.75) is 26.7 Å². The van der Waals surface area contributed by atoms with E-state index in [4.69, 9.17) is 11.6 Å². The summed E-state index contributed by atoms with van der Waals surface area (Å²) in [5, 5.41) is 0.671. The summed E-state index contributed by atoms with van der Waals surface area (Å²) >= 11 is 5.74. The molecule has 0 aliphatic carbocycles. The van der Waals surface area contributed by atoms with Crippen LogP contribution in [0.15, 0.2) is 24.3 Å². The Labute approximate surface area is 90.1 Å². The van der Waals surface area contributed by atoms with E-state index in [1.54, 1.807) is 24.3 Å². The highest BCUT2D eigenvalue weighted by Gasteiger charge is 2.09. The second-order valence-corrected chi connectivity index (χ2v) is 4.08. The normalized spacial score (nSPS) is 12.5. The van der Waals surface area contributed by atoms with Crippen LogP contribution in [0.1, 0.15) is 37.0 Å². The van der Waals surface area contributed by atoms with E-state index in [1.807, 2.05) is 0 Å². The van der Waals surface area contributed by atoms with Crippen LogP contribution in [0.25, 0.3) is 0 Å². The quantitative estimate of drug-likeness (QED) is 0.688. The topological polar surface area (TPSA) is 17.1 Å². The minimum absolute atomic E-state index is 0.205. The fourth-order valence-electron chi connectivity index (χ4n) is 1.21. The first-order valence-corrected chi connectivity index (χ1v) is 5.30. The summed E-state index contributed by atoms with van der Waals surface area (Å²) < 4.78 is 0. The zero-order valence-corrected chi connectivity index (χ0v) is 9.34. The number of halogens is 1. The summed E-state index contributed by atoms with van der Waals surface area (Å²) in [4.78, 5) is 11.7. The second-order valence-electron chi connectivity index (χ2n) is 3.65. The van der Waals surface area contributed by atoms with Gasteiger partial charge in [0.15, 0.2) is 5.78 Å². The van der Waals surface area contributed by atoms with E-state index in [-0.39, 0.29) is 5.78 Å². The Balaban J connectivity index is 2.65. The number of hydrogen-bond donors (Lipinski definition) is 0. The maximum absolute atomic E-state index is 11.7. The van der Waals surface area contributed by atoms with Crippen molar-refractivity contribution < 1.29 is 4.79 Å². The minimum atomic E-state index is 0.205. The predicted molar refractivity (Wildman–Crippen MR) is 59.9 cm³/mol. The lowest BCUT2D eigenvalue weighted by Crippen LogP contribution is -2.04. The van der Waals surface area contributed by atoms with Gasteiger partial charge in [-0.3, -0.25) is 4.79 Å². The number of benzene rings is 1. The molecule has 0 unspecified atom stereocenters. The lowest BCUT2D eigenvalue weighted by molar-refractivity contribution is 0.0963. The van der Waals surface area contributed by atoms with Crippen LogP contribution in [0.5, 0.6) is 0 Å². The molecule has 0 saturated heterocycles. The van der Waals surface area contributed by atoms with Crippen LogP contribution in [0.4, 0.5) is 0 Å². The zero-order valence-electron chi connectivity index (χ0n) is 8.59. The molecule has 0 fully saturated rings. The molecule has 0 spiro atoms. The summed E-state index contributed by atoms with van der Waals surface area (Å²) in [6.07, 6.45) is 1.66. The first-order chi connectivity index (χ1) is 6.63.